The number of ether oxygens (including phenoxy) is 1. The molecule has 3 unspecified atom stereocenters. The number of hydrogen-bond donors (Lipinski definition) is 2. The van der Waals surface area contributed by atoms with Crippen LogP contribution >= 0.6 is 0 Å². The predicted octanol–water partition coefficient (Wildman–Crippen LogP) is 1.79. The predicted molar refractivity (Wildman–Crippen MR) is 75.1 cm³/mol. The SMILES string of the molecule is CC1CCCC(OCC(O)CNc2ccn(C)n2)C1. The molecule has 5 heteroatoms. The first-order chi connectivity index (χ1) is 9.13. The van der Waals surface area contributed by atoms with Gasteiger partial charge in [-0.2, -0.15) is 5.10 Å². The van der Waals surface area contributed by atoms with Crippen LogP contribution < -0.4 is 5.32 Å². The number of rotatable bonds is 6. The van der Waals surface area contributed by atoms with E-state index in [1.165, 1.54) is 12.8 Å². The molecule has 3 atom stereocenters. The Labute approximate surface area is 115 Å². The van der Waals surface area contributed by atoms with Gasteiger partial charge in [0.05, 0.1) is 18.8 Å². The molecule has 1 fully saturated rings. The van der Waals surface area contributed by atoms with Crippen LogP contribution in [0.15, 0.2) is 12.3 Å². The lowest BCUT2D eigenvalue weighted by Gasteiger charge is -2.27. The topological polar surface area (TPSA) is 59.3 Å². The summed E-state index contributed by atoms with van der Waals surface area (Å²) in [5, 5.41) is 17.2. The van der Waals surface area contributed by atoms with Gasteiger partial charge in [0.2, 0.25) is 0 Å². The molecular formula is C14H25N3O2. The second-order valence-electron chi connectivity index (χ2n) is 5.64. The molecule has 0 aromatic carbocycles. The Morgan fingerprint density at radius 3 is 3.11 bits per heavy atom. The van der Waals surface area contributed by atoms with Gasteiger partial charge in [0.25, 0.3) is 0 Å². The van der Waals surface area contributed by atoms with Gasteiger partial charge < -0.3 is 15.2 Å². The standard InChI is InChI=1S/C14H25N3O2/c1-11-4-3-5-13(8-11)19-10-12(18)9-15-14-6-7-17(2)16-14/h6-7,11-13,18H,3-5,8-10H2,1-2H3,(H,15,16). The molecule has 1 aliphatic carbocycles. The van der Waals surface area contributed by atoms with Crippen LogP contribution in [0.2, 0.25) is 0 Å². The lowest BCUT2D eigenvalue weighted by Crippen LogP contribution is -2.30. The maximum absolute atomic E-state index is 9.89. The zero-order chi connectivity index (χ0) is 13.7. The van der Waals surface area contributed by atoms with E-state index in [4.69, 9.17) is 4.74 Å². The maximum atomic E-state index is 9.89. The quantitative estimate of drug-likeness (QED) is 0.825. The van der Waals surface area contributed by atoms with E-state index in [0.29, 0.717) is 19.3 Å². The van der Waals surface area contributed by atoms with E-state index in [2.05, 4.69) is 17.3 Å². The van der Waals surface area contributed by atoms with Crippen LogP contribution in [0.4, 0.5) is 5.82 Å². The monoisotopic (exact) mass is 267 g/mol. The number of aromatic nitrogens is 2. The third kappa shape index (κ3) is 4.84. The first-order valence-corrected chi connectivity index (χ1v) is 7.16. The van der Waals surface area contributed by atoms with Gasteiger partial charge in [-0.05, 0) is 18.8 Å². The summed E-state index contributed by atoms with van der Waals surface area (Å²) < 4.78 is 7.52. The number of nitrogens with one attached hydrogen (secondary N) is 1. The molecule has 1 aliphatic rings. The Morgan fingerprint density at radius 1 is 1.58 bits per heavy atom. The summed E-state index contributed by atoms with van der Waals surface area (Å²) in [6.07, 6.45) is 6.52. The third-order valence-corrected chi connectivity index (χ3v) is 3.65. The minimum atomic E-state index is -0.487. The molecule has 1 aromatic rings. The number of aliphatic hydroxyl groups excluding tert-OH is 1. The Bertz CT molecular complexity index is 381. The molecule has 0 radical (unpaired) electrons. The fourth-order valence-electron chi connectivity index (χ4n) is 2.57. The molecule has 5 nitrogen and oxygen atoms in total. The van der Waals surface area contributed by atoms with Crippen molar-refractivity contribution < 1.29 is 9.84 Å². The highest BCUT2D eigenvalue weighted by Crippen LogP contribution is 2.25. The molecule has 2 N–H and O–H groups in total. The highest BCUT2D eigenvalue weighted by molar-refractivity contribution is 5.31. The maximum Gasteiger partial charge on any atom is 0.148 e. The average molecular weight is 267 g/mol. The molecule has 2 rings (SSSR count). The zero-order valence-corrected chi connectivity index (χ0v) is 11.9. The van der Waals surface area contributed by atoms with Gasteiger partial charge in [-0.3, -0.25) is 4.68 Å². The first kappa shape index (κ1) is 14.3. The van der Waals surface area contributed by atoms with E-state index in [9.17, 15) is 5.11 Å². The summed E-state index contributed by atoms with van der Waals surface area (Å²) in [6.45, 7) is 3.14. The van der Waals surface area contributed by atoms with Crippen molar-refractivity contribution in [3.05, 3.63) is 12.3 Å². The Morgan fingerprint density at radius 2 is 2.42 bits per heavy atom. The summed E-state index contributed by atoms with van der Waals surface area (Å²) in [5.41, 5.74) is 0. The molecular weight excluding hydrogens is 242 g/mol. The van der Waals surface area contributed by atoms with Gasteiger partial charge in [-0.15, -0.1) is 0 Å². The zero-order valence-electron chi connectivity index (χ0n) is 11.9. The van der Waals surface area contributed by atoms with Crippen molar-refractivity contribution in [1.29, 1.82) is 0 Å². The summed E-state index contributed by atoms with van der Waals surface area (Å²) in [6, 6.07) is 1.89. The largest absolute Gasteiger partial charge is 0.389 e. The van der Waals surface area contributed by atoms with Crippen LogP contribution in [0.3, 0.4) is 0 Å². The number of aliphatic hydroxyl groups is 1. The molecule has 0 bridgehead atoms. The van der Waals surface area contributed by atoms with E-state index < -0.39 is 6.10 Å². The van der Waals surface area contributed by atoms with Crippen molar-refractivity contribution in [3.8, 4) is 0 Å². The molecule has 19 heavy (non-hydrogen) atoms. The lowest BCUT2D eigenvalue weighted by atomic mass is 9.89. The summed E-state index contributed by atoms with van der Waals surface area (Å²) >= 11 is 0. The van der Waals surface area contributed by atoms with Gasteiger partial charge >= 0.3 is 0 Å². The van der Waals surface area contributed by atoms with Crippen LogP contribution in [-0.2, 0) is 11.8 Å². The molecule has 0 amide bonds. The van der Waals surface area contributed by atoms with Crippen LogP contribution in [0, 0.1) is 5.92 Å². The fraction of sp³-hybridized carbons (Fsp3) is 0.786. The van der Waals surface area contributed by atoms with Gasteiger partial charge in [0, 0.05) is 25.9 Å². The van der Waals surface area contributed by atoms with E-state index in [-0.39, 0.29) is 0 Å². The van der Waals surface area contributed by atoms with Crippen LogP contribution in [0.25, 0.3) is 0 Å². The van der Waals surface area contributed by atoms with Crippen molar-refractivity contribution in [2.24, 2.45) is 13.0 Å². The summed E-state index contributed by atoms with van der Waals surface area (Å²) in [5.74, 6) is 1.54. The van der Waals surface area contributed by atoms with Crippen molar-refractivity contribution in [2.45, 2.75) is 44.8 Å². The van der Waals surface area contributed by atoms with Gasteiger partial charge in [0.15, 0.2) is 0 Å². The Kier molecular flexibility index (Phi) is 5.22. The molecule has 0 saturated heterocycles. The Hall–Kier alpha value is -1.07. The third-order valence-electron chi connectivity index (χ3n) is 3.65. The molecule has 0 spiro atoms. The van der Waals surface area contributed by atoms with Crippen LogP contribution in [0.5, 0.6) is 0 Å². The number of aryl methyl sites for hydroxylation is 1. The molecule has 1 heterocycles. The van der Waals surface area contributed by atoms with Gasteiger partial charge in [0.1, 0.15) is 5.82 Å². The van der Waals surface area contributed by atoms with E-state index >= 15 is 0 Å². The van der Waals surface area contributed by atoms with Crippen molar-refractivity contribution in [2.75, 3.05) is 18.5 Å². The number of nitrogens with zero attached hydrogens (tertiary/aromatic N) is 2. The van der Waals surface area contributed by atoms with E-state index in [1.807, 2.05) is 19.3 Å². The van der Waals surface area contributed by atoms with E-state index in [0.717, 1.165) is 24.6 Å². The molecule has 0 aliphatic heterocycles. The van der Waals surface area contributed by atoms with Crippen LogP contribution in [-0.4, -0.2) is 40.2 Å². The number of anilines is 1. The average Bonchev–Trinajstić information content (AvgIpc) is 2.80. The summed E-state index contributed by atoms with van der Waals surface area (Å²) in [7, 11) is 1.87. The highest BCUT2D eigenvalue weighted by atomic mass is 16.5. The smallest absolute Gasteiger partial charge is 0.148 e. The van der Waals surface area contributed by atoms with Crippen molar-refractivity contribution in [3.63, 3.8) is 0 Å². The second kappa shape index (κ2) is 6.91. The fourth-order valence-corrected chi connectivity index (χ4v) is 2.57. The molecule has 1 saturated carbocycles. The Balaban J connectivity index is 1.62. The minimum Gasteiger partial charge on any atom is -0.389 e. The van der Waals surface area contributed by atoms with Crippen molar-refractivity contribution >= 4 is 5.82 Å². The van der Waals surface area contributed by atoms with Gasteiger partial charge in [-0.1, -0.05) is 19.8 Å². The van der Waals surface area contributed by atoms with E-state index in [1.54, 1.807) is 4.68 Å². The molecule has 108 valence electrons. The minimum absolute atomic E-state index is 0.327. The van der Waals surface area contributed by atoms with Crippen molar-refractivity contribution in [1.82, 2.24) is 9.78 Å². The first-order valence-electron chi connectivity index (χ1n) is 7.16. The van der Waals surface area contributed by atoms with Gasteiger partial charge in [-0.25, -0.2) is 0 Å². The summed E-state index contributed by atoms with van der Waals surface area (Å²) in [4.78, 5) is 0. The lowest BCUT2D eigenvalue weighted by molar-refractivity contribution is -0.0275. The normalized spacial score (nSPS) is 25.2. The molecule has 1 aromatic heterocycles. The number of hydrogen-bond acceptors (Lipinski definition) is 4. The highest BCUT2D eigenvalue weighted by Gasteiger charge is 2.20. The van der Waals surface area contributed by atoms with Crippen LogP contribution in [0.1, 0.15) is 32.6 Å². The second-order valence-corrected chi connectivity index (χ2v) is 5.64.